The van der Waals surface area contributed by atoms with E-state index in [1.807, 2.05) is 54.3 Å². The summed E-state index contributed by atoms with van der Waals surface area (Å²) in [5.74, 6) is 1.48. The maximum atomic E-state index is 12.7. The summed E-state index contributed by atoms with van der Waals surface area (Å²) in [6.45, 7) is 6.95. The second-order valence-electron chi connectivity index (χ2n) is 7.65. The molecule has 7 nitrogen and oxygen atoms in total. The molecule has 2 heterocycles. The fourth-order valence-electron chi connectivity index (χ4n) is 3.74. The zero-order valence-corrected chi connectivity index (χ0v) is 17.1. The van der Waals surface area contributed by atoms with E-state index in [1.54, 1.807) is 0 Å². The number of fused-ring (bicyclic) bond motifs is 1. The van der Waals surface area contributed by atoms with Crippen molar-refractivity contribution in [2.24, 2.45) is 0 Å². The van der Waals surface area contributed by atoms with Gasteiger partial charge in [0.05, 0.1) is 17.7 Å². The number of nitrogens with one attached hydrogen (secondary N) is 1. The Bertz CT molecular complexity index is 930. The van der Waals surface area contributed by atoms with Crippen molar-refractivity contribution in [2.45, 2.75) is 19.5 Å². The van der Waals surface area contributed by atoms with Crippen molar-refractivity contribution in [2.75, 3.05) is 39.4 Å². The Hall–Kier alpha value is -3.24. The van der Waals surface area contributed by atoms with Crippen molar-refractivity contribution in [3.05, 3.63) is 59.2 Å². The van der Waals surface area contributed by atoms with Crippen LogP contribution in [0.4, 0.5) is 4.79 Å². The standard InChI is InChI=1S/C23H26N4O3/c1-17(20-6-7-21-22(14-20)30-13-12-29-21)25-23(28)27-10-8-26(9-11-27)16-19-4-2-18(15-24)3-5-19/h2-7,14,17H,8-13,16H2,1H3,(H,25,28). The quantitative estimate of drug-likeness (QED) is 0.845. The van der Waals surface area contributed by atoms with Crippen LogP contribution in [-0.4, -0.2) is 55.2 Å². The molecule has 156 valence electrons. The molecule has 2 aromatic rings. The van der Waals surface area contributed by atoms with Gasteiger partial charge in [-0.3, -0.25) is 4.90 Å². The Labute approximate surface area is 176 Å². The molecule has 0 saturated carbocycles. The van der Waals surface area contributed by atoms with Gasteiger partial charge in [0.15, 0.2) is 11.5 Å². The van der Waals surface area contributed by atoms with Crippen LogP contribution in [0.2, 0.25) is 0 Å². The smallest absolute Gasteiger partial charge is 0.317 e. The number of nitriles is 1. The number of nitrogens with zero attached hydrogens (tertiary/aromatic N) is 3. The van der Waals surface area contributed by atoms with E-state index >= 15 is 0 Å². The Balaban J connectivity index is 1.27. The molecule has 2 aliphatic rings. The second kappa shape index (κ2) is 9.06. The van der Waals surface area contributed by atoms with Gasteiger partial charge in [-0.1, -0.05) is 18.2 Å². The van der Waals surface area contributed by atoms with E-state index in [2.05, 4.69) is 16.3 Å². The van der Waals surface area contributed by atoms with Crippen LogP contribution >= 0.6 is 0 Å². The van der Waals surface area contributed by atoms with E-state index in [4.69, 9.17) is 14.7 Å². The lowest BCUT2D eigenvalue weighted by Gasteiger charge is -2.35. The molecule has 1 unspecified atom stereocenters. The first-order valence-corrected chi connectivity index (χ1v) is 10.3. The van der Waals surface area contributed by atoms with Crippen LogP contribution < -0.4 is 14.8 Å². The summed E-state index contributed by atoms with van der Waals surface area (Å²) in [6, 6.07) is 15.5. The molecular formula is C23H26N4O3. The molecule has 1 saturated heterocycles. The predicted molar refractivity (Wildman–Crippen MR) is 112 cm³/mol. The van der Waals surface area contributed by atoms with Crippen LogP contribution in [0, 0.1) is 11.3 Å². The molecule has 0 aromatic heterocycles. The summed E-state index contributed by atoms with van der Waals surface area (Å²) in [6.07, 6.45) is 0. The number of urea groups is 1. The summed E-state index contributed by atoms with van der Waals surface area (Å²) >= 11 is 0. The number of ether oxygens (including phenoxy) is 2. The van der Waals surface area contributed by atoms with Crippen molar-refractivity contribution < 1.29 is 14.3 Å². The molecule has 1 atom stereocenters. The van der Waals surface area contributed by atoms with E-state index in [-0.39, 0.29) is 12.1 Å². The largest absolute Gasteiger partial charge is 0.486 e. The number of rotatable bonds is 4. The first kappa shape index (κ1) is 20.0. The summed E-state index contributed by atoms with van der Waals surface area (Å²) in [4.78, 5) is 16.9. The van der Waals surface area contributed by atoms with Gasteiger partial charge < -0.3 is 19.7 Å². The van der Waals surface area contributed by atoms with Gasteiger partial charge in [-0.15, -0.1) is 0 Å². The van der Waals surface area contributed by atoms with Crippen molar-refractivity contribution in [1.82, 2.24) is 15.1 Å². The molecule has 2 aromatic carbocycles. The maximum Gasteiger partial charge on any atom is 0.317 e. The third-order valence-electron chi connectivity index (χ3n) is 5.55. The third-order valence-corrected chi connectivity index (χ3v) is 5.55. The number of hydrogen-bond acceptors (Lipinski definition) is 5. The minimum absolute atomic E-state index is 0.0459. The molecule has 0 aliphatic carbocycles. The normalized spacial score (nSPS) is 17.1. The molecule has 4 rings (SSSR count). The molecule has 1 fully saturated rings. The van der Waals surface area contributed by atoms with E-state index in [0.29, 0.717) is 31.9 Å². The van der Waals surface area contributed by atoms with Crippen LogP contribution in [0.3, 0.4) is 0 Å². The molecule has 0 bridgehead atoms. The lowest BCUT2D eigenvalue weighted by atomic mass is 10.1. The van der Waals surface area contributed by atoms with Gasteiger partial charge in [0.25, 0.3) is 0 Å². The lowest BCUT2D eigenvalue weighted by molar-refractivity contribution is 0.133. The Kier molecular flexibility index (Phi) is 6.05. The van der Waals surface area contributed by atoms with Gasteiger partial charge in [-0.25, -0.2) is 4.79 Å². The zero-order chi connectivity index (χ0) is 20.9. The number of amides is 2. The van der Waals surface area contributed by atoms with E-state index in [9.17, 15) is 4.79 Å². The second-order valence-corrected chi connectivity index (χ2v) is 7.65. The highest BCUT2D eigenvalue weighted by atomic mass is 16.6. The highest BCUT2D eigenvalue weighted by Gasteiger charge is 2.23. The van der Waals surface area contributed by atoms with Gasteiger partial charge in [0.2, 0.25) is 0 Å². The van der Waals surface area contributed by atoms with Crippen molar-refractivity contribution in [3.63, 3.8) is 0 Å². The summed E-state index contributed by atoms with van der Waals surface area (Å²) in [5, 5.41) is 12.0. The Morgan fingerprint density at radius 2 is 1.77 bits per heavy atom. The summed E-state index contributed by atoms with van der Waals surface area (Å²) in [7, 11) is 0. The summed E-state index contributed by atoms with van der Waals surface area (Å²) in [5.41, 5.74) is 2.85. The van der Waals surface area contributed by atoms with E-state index in [0.717, 1.165) is 36.7 Å². The zero-order valence-electron chi connectivity index (χ0n) is 17.1. The van der Waals surface area contributed by atoms with Crippen molar-refractivity contribution in [3.8, 4) is 17.6 Å². The number of carbonyl (C=O) groups is 1. The number of carbonyl (C=O) groups excluding carboxylic acids is 1. The number of benzene rings is 2. The molecule has 2 aliphatic heterocycles. The molecule has 1 N–H and O–H groups in total. The van der Waals surface area contributed by atoms with Crippen LogP contribution in [0.1, 0.15) is 29.7 Å². The number of piperazine rings is 1. The molecule has 0 radical (unpaired) electrons. The molecular weight excluding hydrogens is 380 g/mol. The Morgan fingerprint density at radius 3 is 2.47 bits per heavy atom. The average Bonchev–Trinajstić information content (AvgIpc) is 2.79. The lowest BCUT2D eigenvalue weighted by Crippen LogP contribution is -2.51. The van der Waals surface area contributed by atoms with Crippen LogP contribution in [0.5, 0.6) is 11.5 Å². The van der Waals surface area contributed by atoms with Gasteiger partial charge >= 0.3 is 6.03 Å². The average molecular weight is 406 g/mol. The third kappa shape index (κ3) is 4.66. The van der Waals surface area contributed by atoms with Crippen LogP contribution in [-0.2, 0) is 6.54 Å². The predicted octanol–water partition coefficient (Wildman–Crippen LogP) is 2.92. The van der Waals surface area contributed by atoms with E-state index < -0.39 is 0 Å². The maximum absolute atomic E-state index is 12.7. The molecule has 2 amide bonds. The monoisotopic (exact) mass is 406 g/mol. The SMILES string of the molecule is CC(NC(=O)N1CCN(Cc2ccc(C#N)cc2)CC1)c1ccc2c(c1)OCCO2. The van der Waals surface area contributed by atoms with E-state index in [1.165, 1.54) is 5.56 Å². The highest BCUT2D eigenvalue weighted by molar-refractivity contribution is 5.75. The van der Waals surface area contributed by atoms with Gasteiger partial charge in [0.1, 0.15) is 13.2 Å². The Morgan fingerprint density at radius 1 is 1.07 bits per heavy atom. The fourth-order valence-corrected chi connectivity index (χ4v) is 3.74. The first-order valence-electron chi connectivity index (χ1n) is 10.3. The summed E-state index contributed by atoms with van der Waals surface area (Å²) < 4.78 is 11.2. The number of hydrogen-bond donors (Lipinski definition) is 1. The minimum atomic E-state index is -0.120. The molecule has 30 heavy (non-hydrogen) atoms. The van der Waals surface area contributed by atoms with Crippen LogP contribution in [0.15, 0.2) is 42.5 Å². The molecule has 0 spiro atoms. The van der Waals surface area contributed by atoms with Gasteiger partial charge in [-0.2, -0.15) is 5.26 Å². The highest BCUT2D eigenvalue weighted by Crippen LogP contribution is 2.32. The fraction of sp³-hybridized carbons (Fsp3) is 0.391. The van der Waals surface area contributed by atoms with Crippen molar-refractivity contribution in [1.29, 1.82) is 5.26 Å². The minimum Gasteiger partial charge on any atom is -0.486 e. The van der Waals surface area contributed by atoms with Crippen molar-refractivity contribution >= 4 is 6.03 Å². The van der Waals surface area contributed by atoms with Gasteiger partial charge in [0, 0.05) is 32.7 Å². The topological polar surface area (TPSA) is 77.8 Å². The van der Waals surface area contributed by atoms with Crippen LogP contribution in [0.25, 0.3) is 0 Å². The molecule has 7 heteroatoms. The first-order chi connectivity index (χ1) is 14.6. The van der Waals surface area contributed by atoms with Gasteiger partial charge in [-0.05, 0) is 42.3 Å².